The summed E-state index contributed by atoms with van der Waals surface area (Å²) in [6.07, 6.45) is 16.5. The average molecular weight is 387 g/mol. The van der Waals surface area contributed by atoms with Gasteiger partial charge in [-0.25, -0.2) is 4.39 Å². The molecular weight excluding hydrogens is 359 g/mol. The van der Waals surface area contributed by atoms with Crippen LogP contribution in [0.2, 0.25) is 0 Å². The Morgan fingerprint density at radius 3 is 2.66 bits per heavy atom. The molecule has 1 aromatic heterocycles. The van der Waals surface area contributed by atoms with E-state index in [-0.39, 0.29) is 5.82 Å². The summed E-state index contributed by atoms with van der Waals surface area (Å²) in [5, 5.41) is 0.887. The molecule has 148 valence electrons. The molecule has 0 saturated carbocycles. The second kappa shape index (κ2) is 8.87. The summed E-state index contributed by atoms with van der Waals surface area (Å²) in [7, 11) is 0. The molecule has 0 atom stereocenters. The van der Waals surface area contributed by atoms with Gasteiger partial charge in [0.1, 0.15) is 5.82 Å². The zero-order valence-corrected chi connectivity index (χ0v) is 17.4. The van der Waals surface area contributed by atoms with Crippen molar-refractivity contribution in [2.75, 3.05) is 0 Å². The number of halogens is 1. The highest BCUT2D eigenvalue weighted by atomic mass is 19.1. The number of allylic oxidation sites excluding steroid dienone is 9. The van der Waals surface area contributed by atoms with Crippen LogP contribution in [0.15, 0.2) is 90.3 Å². The van der Waals surface area contributed by atoms with Crippen molar-refractivity contribution in [3.05, 3.63) is 102 Å². The van der Waals surface area contributed by atoms with E-state index in [1.165, 1.54) is 0 Å². The quantitative estimate of drug-likeness (QED) is 0.471. The molecule has 0 unspecified atom stereocenters. The van der Waals surface area contributed by atoms with Gasteiger partial charge >= 0.3 is 0 Å². The van der Waals surface area contributed by atoms with E-state index in [4.69, 9.17) is 0 Å². The van der Waals surface area contributed by atoms with Crippen LogP contribution in [0.4, 0.5) is 4.39 Å². The minimum Gasteiger partial charge on any atom is -0.347 e. The molecule has 0 saturated heterocycles. The summed E-state index contributed by atoms with van der Waals surface area (Å²) in [6.45, 7) is 14.9. The summed E-state index contributed by atoms with van der Waals surface area (Å²) in [4.78, 5) is 4.61. The molecule has 29 heavy (non-hydrogen) atoms. The van der Waals surface area contributed by atoms with Gasteiger partial charge in [0.25, 0.3) is 0 Å². The van der Waals surface area contributed by atoms with Crippen LogP contribution in [-0.4, -0.2) is 10.3 Å². The molecule has 1 heterocycles. The zero-order valence-electron chi connectivity index (χ0n) is 17.4. The molecule has 1 aliphatic rings. The molecule has 3 rings (SSSR count). The Hall–Kier alpha value is -3.20. The first-order valence-electron chi connectivity index (χ1n) is 9.85. The molecule has 1 aliphatic carbocycles. The van der Waals surface area contributed by atoms with Crippen molar-refractivity contribution in [3.63, 3.8) is 0 Å². The maximum atomic E-state index is 14.2. The molecule has 0 radical (unpaired) electrons. The van der Waals surface area contributed by atoms with Crippen LogP contribution < -0.4 is 0 Å². The third-order valence-corrected chi connectivity index (χ3v) is 5.17. The van der Waals surface area contributed by atoms with Gasteiger partial charge in [0.05, 0.1) is 5.52 Å². The van der Waals surface area contributed by atoms with Crippen molar-refractivity contribution in [2.24, 2.45) is 4.99 Å². The van der Waals surface area contributed by atoms with Gasteiger partial charge in [0, 0.05) is 42.0 Å². The third-order valence-electron chi connectivity index (χ3n) is 5.17. The monoisotopic (exact) mass is 386 g/mol. The number of aliphatic imine (C=N–C) groups is 1. The SMILES string of the molecule is C=CC(=C(\C=C)c1cn(CC)c2c(C)cc(F)cc12)/C(C)=C/N=C1/C=CC=CC1. The van der Waals surface area contributed by atoms with Gasteiger partial charge in [0.15, 0.2) is 0 Å². The van der Waals surface area contributed by atoms with Crippen LogP contribution in [0, 0.1) is 12.7 Å². The molecule has 3 heteroatoms. The van der Waals surface area contributed by atoms with Gasteiger partial charge in [-0.05, 0) is 61.3 Å². The molecule has 0 N–H and O–H groups in total. The van der Waals surface area contributed by atoms with Crippen LogP contribution in [0.5, 0.6) is 0 Å². The standard InChI is InChI=1S/C26H27FN2/c1-6-22(19(5)16-28-21-12-10-9-11-13-21)23(7-2)25-17-29(8-3)26-18(4)14-20(27)15-24(25)26/h6-7,9-12,14-17H,1-2,8,13H2,3-5H3/b19-16+,23-22-,28-21-. The molecular formula is C26H27FN2. The van der Waals surface area contributed by atoms with E-state index in [1.54, 1.807) is 12.1 Å². The number of fused-ring (bicyclic) bond motifs is 1. The van der Waals surface area contributed by atoms with Crippen LogP contribution in [0.25, 0.3) is 16.5 Å². The largest absolute Gasteiger partial charge is 0.347 e. The summed E-state index contributed by atoms with van der Waals surface area (Å²) < 4.78 is 16.4. The van der Waals surface area contributed by atoms with E-state index in [0.29, 0.717) is 0 Å². The first-order chi connectivity index (χ1) is 14.0. The molecule has 0 aliphatic heterocycles. The second-order valence-electron chi connectivity index (χ2n) is 7.11. The Balaban J connectivity index is 2.19. The lowest BCUT2D eigenvalue weighted by atomic mass is 9.94. The number of benzene rings is 1. The van der Waals surface area contributed by atoms with Gasteiger partial charge in [-0.1, -0.05) is 43.5 Å². The van der Waals surface area contributed by atoms with Crippen molar-refractivity contribution in [2.45, 2.75) is 33.7 Å². The highest BCUT2D eigenvalue weighted by Crippen LogP contribution is 2.34. The van der Waals surface area contributed by atoms with Crippen LogP contribution in [-0.2, 0) is 6.54 Å². The topological polar surface area (TPSA) is 17.3 Å². The number of nitrogens with zero attached hydrogens (tertiary/aromatic N) is 2. The maximum absolute atomic E-state index is 14.2. The van der Waals surface area contributed by atoms with Gasteiger partial charge < -0.3 is 4.57 Å². The Kier molecular flexibility index (Phi) is 6.28. The van der Waals surface area contributed by atoms with E-state index in [2.05, 4.69) is 41.9 Å². The van der Waals surface area contributed by atoms with E-state index in [0.717, 1.165) is 57.4 Å². The number of hydrogen-bond acceptors (Lipinski definition) is 1. The zero-order chi connectivity index (χ0) is 21.0. The maximum Gasteiger partial charge on any atom is 0.124 e. The second-order valence-corrected chi connectivity index (χ2v) is 7.11. The van der Waals surface area contributed by atoms with E-state index in [1.807, 2.05) is 50.4 Å². The predicted octanol–water partition coefficient (Wildman–Crippen LogP) is 7.10. The molecule has 0 spiro atoms. The van der Waals surface area contributed by atoms with Crippen molar-refractivity contribution < 1.29 is 4.39 Å². The van der Waals surface area contributed by atoms with Crippen LogP contribution in [0.1, 0.15) is 31.4 Å². The van der Waals surface area contributed by atoms with Crippen molar-refractivity contribution >= 4 is 22.2 Å². The van der Waals surface area contributed by atoms with Gasteiger partial charge in [0.2, 0.25) is 0 Å². The Morgan fingerprint density at radius 2 is 2.03 bits per heavy atom. The van der Waals surface area contributed by atoms with Gasteiger partial charge in [-0.15, -0.1) is 0 Å². The summed E-state index contributed by atoms with van der Waals surface area (Å²) in [5.74, 6) is -0.232. The van der Waals surface area contributed by atoms with E-state index >= 15 is 0 Å². The normalized spacial score (nSPS) is 16.4. The van der Waals surface area contributed by atoms with E-state index in [9.17, 15) is 4.39 Å². The lowest BCUT2D eigenvalue weighted by Gasteiger charge is -2.10. The van der Waals surface area contributed by atoms with Crippen LogP contribution in [0.3, 0.4) is 0 Å². The fourth-order valence-corrected chi connectivity index (χ4v) is 3.77. The smallest absolute Gasteiger partial charge is 0.124 e. The van der Waals surface area contributed by atoms with Crippen molar-refractivity contribution in [1.82, 2.24) is 4.57 Å². The van der Waals surface area contributed by atoms with Crippen molar-refractivity contribution in [3.8, 4) is 0 Å². The summed E-state index contributed by atoms with van der Waals surface area (Å²) >= 11 is 0. The highest BCUT2D eigenvalue weighted by molar-refractivity contribution is 5.99. The minimum atomic E-state index is -0.232. The Bertz CT molecular complexity index is 1120. The Morgan fingerprint density at radius 1 is 1.24 bits per heavy atom. The predicted molar refractivity (Wildman–Crippen MR) is 124 cm³/mol. The lowest BCUT2D eigenvalue weighted by molar-refractivity contribution is 0.628. The summed E-state index contributed by atoms with van der Waals surface area (Å²) in [5.41, 5.74) is 6.79. The number of rotatable bonds is 6. The third kappa shape index (κ3) is 4.14. The van der Waals surface area contributed by atoms with Gasteiger partial charge in [-0.2, -0.15) is 0 Å². The molecule has 1 aromatic carbocycles. The number of aromatic nitrogens is 1. The Labute approximate surface area is 172 Å². The fourth-order valence-electron chi connectivity index (χ4n) is 3.77. The van der Waals surface area contributed by atoms with Gasteiger partial charge in [-0.3, -0.25) is 4.99 Å². The minimum absolute atomic E-state index is 0.232. The van der Waals surface area contributed by atoms with Crippen molar-refractivity contribution in [1.29, 1.82) is 0 Å². The fraction of sp³-hybridized carbons (Fsp3) is 0.192. The molecule has 0 bridgehead atoms. The molecule has 2 aromatic rings. The van der Waals surface area contributed by atoms with E-state index < -0.39 is 0 Å². The number of hydrogen-bond donors (Lipinski definition) is 0. The van der Waals surface area contributed by atoms with Crippen LogP contribution >= 0.6 is 0 Å². The molecule has 2 nitrogen and oxygen atoms in total. The average Bonchev–Trinajstić information content (AvgIpc) is 3.09. The summed E-state index contributed by atoms with van der Waals surface area (Å²) in [6, 6.07) is 3.18. The first-order valence-corrected chi connectivity index (χ1v) is 9.85. The molecule has 0 amide bonds. The highest BCUT2D eigenvalue weighted by Gasteiger charge is 2.16. The lowest BCUT2D eigenvalue weighted by Crippen LogP contribution is -1.94. The molecule has 0 fully saturated rings. The first kappa shape index (κ1) is 20.5. The number of aryl methyl sites for hydroxylation is 2.